The van der Waals surface area contributed by atoms with Gasteiger partial charge in [0, 0.05) is 0 Å². The molecule has 2 aliphatic rings. The molecule has 4 nitrogen and oxygen atoms in total. The van der Waals surface area contributed by atoms with E-state index in [0.717, 1.165) is 29.3 Å². The third-order valence-corrected chi connectivity index (χ3v) is 7.91. The second-order valence-electron chi connectivity index (χ2n) is 6.78. The zero-order valence-electron chi connectivity index (χ0n) is 14.7. The third kappa shape index (κ3) is 3.88. The SMILES string of the molecule is O=[Se]1CN(CN2CCN(c3cccc(C(F)(F)F)c3)CC2)c2ccccc21. The first-order chi connectivity index (χ1) is 12.9. The Morgan fingerprint density at radius 2 is 1.70 bits per heavy atom. The van der Waals surface area contributed by atoms with Crippen LogP contribution < -0.4 is 14.3 Å². The van der Waals surface area contributed by atoms with Gasteiger partial charge in [0.1, 0.15) is 0 Å². The number of para-hydroxylation sites is 1. The average Bonchev–Trinajstić information content (AvgIpc) is 2.98. The Kier molecular flexibility index (Phi) is 4.97. The fourth-order valence-corrected chi connectivity index (χ4v) is 6.31. The van der Waals surface area contributed by atoms with E-state index in [-0.39, 0.29) is 0 Å². The van der Waals surface area contributed by atoms with Crippen LogP contribution in [-0.2, 0) is 10.0 Å². The first kappa shape index (κ1) is 18.5. The first-order valence-corrected chi connectivity index (χ1v) is 11.6. The summed E-state index contributed by atoms with van der Waals surface area (Å²) >= 11 is -1.99. The molecule has 0 aliphatic carbocycles. The second-order valence-corrected chi connectivity index (χ2v) is 9.69. The van der Waals surface area contributed by atoms with Crippen molar-refractivity contribution in [3.8, 4) is 0 Å². The van der Waals surface area contributed by atoms with Gasteiger partial charge < -0.3 is 0 Å². The second kappa shape index (κ2) is 7.26. The van der Waals surface area contributed by atoms with Crippen LogP contribution in [0.15, 0.2) is 48.5 Å². The molecule has 1 atom stereocenters. The Labute approximate surface area is 160 Å². The van der Waals surface area contributed by atoms with Gasteiger partial charge in [0.05, 0.1) is 0 Å². The van der Waals surface area contributed by atoms with E-state index >= 15 is 0 Å². The molecule has 2 heterocycles. The minimum atomic E-state index is -4.32. The van der Waals surface area contributed by atoms with Gasteiger partial charge in [-0.2, -0.15) is 0 Å². The number of halogens is 3. The number of alkyl halides is 3. The van der Waals surface area contributed by atoms with Crippen LogP contribution in [0.2, 0.25) is 0 Å². The van der Waals surface area contributed by atoms with Gasteiger partial charge in [0.15, 0.2) is 0 Å². The molecule has 0 radical (unpaired) electrons. The minimum absolute atomic E-state index is 0.590. The van der Waals surface area contributed by atoms with E-state index in [2.05, 4.69) is 9.80 Å². The molecule has 0 N–H and O–H groups in total. The quantitative estimate of drug-likeness (QED) is 0.683. The number of rotatable bonds is 3. The molecule has 0 amide bonds. The first-order valence-electron chi connectivity index (χ1n) is 8.79. The van der Waals surface area contributed by atoms with Crippen molar-refractivity contribution in [1.82, 2.24) is 4.90 Å². The fraction of sp³-hybridized carbons (Fsp3) is 0.368. The van der Waals surface area contributed by atoms with E-state index in [4.69, 9.17) is 0 Å². The van der Waals surface area contributed by atoms with Crippen LogP contribution in [0, 0.1) is 0 Å². The monoisotopic (exact) mass is 443 g/mol. The van der Waals surface area contributed by atoms with E-state index < -0.39 is 25.6 Å². The van der Waals surface area contributed by atoms with E-state index in [9.17, 15) is 17.0 Å². The summed E-state index contributed by atoms with van der Waals surface area (Å²) in [6, 6.07) is 13.4. The molecule has 0 aromatic heterocycles. The van der Waals surface area contributed by atoms with Gasteiger partial charge in [-0.3, -0.25) is 0 Å². The Morgan fingerprint density at radius 1 is 0.963 bits per heavy atom. The van der Waals surface area contributed by atoms with Crippen LogP contribution in [0.3, 0.4) is 0 Å². The number of hydrogen-bond acceptors (Lipinski definition) is 4. The van der Waals surface area contributed by atoms with Gasteiger partial charge in [0.25, 0.3) is 0 Å². The summed E-state index contributed by atoms with van der Waals surface area (Å²) < 4.78 is 52.1. The van der Waals surface area contributed by atoms with Crippen molar-refractivity contribution in [2.24, 2.45) is 0 Å². The van der Waals surface area contributed by atoms with Crippen molar-refractivity contribution in [3.63, 3.8) is 0 Å². The molecular formula is C19H20F3N3OSe. The van der Waals surface area contributed by atoms with Crippen LogP contribution in [0.5, 0.6) is 0 Å². The molecule has 2 aliphatic heterocycles. The molecule has 8 heteroatoms. The van der Waals surface area contributed by atoms with Crippen LogP contribution >= 0.6 is 0 Å². The fourth-order valence-electron chi connectivity index (χ4n) is 3.58. The number of piperazine rings is 1. The number of nitrogens with zero attached hydrogens (tertiary/aromatic N) is 3. The van der Waals surface area contributed by atoms with Gasteiger partial charge in [-0.1, -0.05) is 0 Å². The maximum atomic E-state index is 12.9. The Balaban J connectivity index is 1.38. The van der Waals surface area contributed by atoms with Crippen LogP contribution in [0.4, 0.5) is 24.5 Å². The number of fused-ring (bicyclic) bond motifs is 1. The summed E-state index contributed by atoms with van der Waals surface area (Å²) in [6.45, 7) is 3.58. The molecule has 2 aromatic carbocycles. The topological polar surface area (TPSA) is 26.8 Å². The molecule has 4 rings (SSSR count). The zero-order valence-corrected chi connectivity index (χ0v) is 16.4. The standard InChI is InChI=1S/C19H20F3N3OSe/c20-19(21,22)15-4-3-5-16(12-15)24-10-8-23(9-11-24)13-25-14-27(26)18-7-2-1-6-17(18)25/h1-7,12H,8-11,13-14H2. The Hall–Kier alpha value is -1.89. The molecule has 1 saturated heterocycles. The molecular weight excluding hydrogens is 422 g/mol. The molecule has 1 unspecified atom stereocenters. The van der Waals surface area contributed by atoms with Crippen LogP contribution in [-0.4, -0.2) is 57.0 Å². The summed E-state index contributed by atoms with van der Waals surface area (Å²) in [5.74, 6) is 0. The van der Waals surface area contributed by atoms with Gasteiger partial charge >= 0.3 is 160 Å². The van der Waals surface area contributed by atoms with E-state index in [0.29, 0.717) is 30.9 Å². The summed E-state index contributed by atoms with van der Waals surface area (Å²) in [7, 11) is 0. The summed E-state index contributed by atoms with van der Waals surface area (Å²) in [5, 5.41) is 0. The van der Waals surface area contributed by atoms with Gasteiger partial charge in [-0.15, -0.1) is 0 Å². The van der Waals surface area contributed by atoms with E-state index in [1.165, 1.54) is 12.1 Å². The van der Waals surface area contributed by atoms with Crippen molar-refractivity contribution >= 4 is 29.7 Å². The molecule has 2 aromatic rings. The van der Waals surface area contributed by atoms with Crippen molar-refractivity contribution in [1.29, 1.82) is 0 Å². The molecule has 0 saturated carbocycles. The molecule has 144 valence electrons. The van der Waals surface area contributed by atoms with Crippen molar-refractivity contribution in [2.45, 2.75) is 6.18 Å². The predicted molar refractivity (Wildman–Crippen MR) is 100.0 cm³/mol. The summed E-state index contributed by atoms with van der Waals surface area (Å²) in [5.41, 5.74) is 1.65. The van der Waals surface area contributed by atoms with E-state index in [1.54, 1.807) is 6.07 Å². The van der Waals surface area contributed by atoms with Gasteiger partial charge in [-0.25, -0.2) is 0 Å². The van der Waals surface area contributed by atoms with E-state index in [1.807, 2.05) is 29.2 Å². The number of benzene rings is 2. The zero-order chi connectivity index (χ0) is 19.0. The van der Waals surface area contributed by atoms with Gasteiger partial charge in [0.2, 0.25) is 0 Å². The molecule has 1 fully saturated rings. The predicted octanol–water partition coefficient (Wildman–Crippen LogP) is 2.47. The Morgan fingerprint density at radius 3 is 2.44 bits per heavy atom. The van der Waals surface area contributed by atoms with Crippen LogP contribution in [0.1, 0.15) is 5.56 Å². The molecule has 0 spiro atoms. The third-order valence-electron chi connectivity index (χ3n) is 5.01. The summed E-state index contributed by atoms with van der Waals surface area (Å²) in [6.07, 6.45) is -4.32. The molecule has 0 bridgehead atoms. The molecule has 27 heavy (non-hydrogen) atoms. The maximum absolute atomic E-state index is 12.9. The normalized spacial score (nSPS) is 20.8. The average molecular weight is 442 g/mol. The van der Waals surface area contributed by atoms with Crippen molar-refractivity contribution < 1.29 is 17.0 Å². The van der Waals surface area contributed by atoms with Crippen molar-refractivity contribution in [3.05, 3.63) is 54.1 Å². The number of hydrogen-bond donors (Lipinski definition) is 0. The summed E-state index contributed by atoms with van der Waals surface area (Å²) in [4.78, 5) is 6.42. The van der Waals surface area contributed by atoms with Crippen LogP contribution in [0.25, 0.3) is 0 Å². The van der Waals surface area contributed by atoms with Crippen molar-refractivity contribution in [2.75, 3.05) is 48.1 Å². The number of anilines is 2. The Bertz CT molecular complexity index is 850. The van der Waals surface area contributed by atoms with Gasteiger partial charge in [-0.05, 0) is 0 Å².